The maximum Gasteiger partial charge on any atom is 0.336 e. The van der Waals surface area contributed by atoms with Gasteiger partial charge in [-0.25, -0.2) is 9.59 Å². The molecule has 1 aromatic carbocycles. The molecule has 0 unspecified atom stereocenters. The van der Waals surface area contributed by atoms with Gasteiger partial charge in [0, 0.05) is 10.8 Å². The molecule has 0 aliphatic carbocycles. The number of carbonyl (C=O) groups is 2. The number of hydrogen-bond donors (Lipinski definition) is 6. The van der Waals surface area contributed by atoms with Gasteiger partial charge in [0.15, 0.2) is 0 Å². The van der Waals surface area contributed by atoms with Gasteiger partial charge < -0.3 is 30.6 Å². The molecule has 0 bridgehead atoms. The summed E-state index contributed by atoms with van der Waals surface area (Å²) in [4.78, 5) is 20.9. The standard InChI is InChI=1S/C8H6O4.2C5H12O2/c9-7(10)5-3-1-2-4-6(5)8(11)12;2*1-5(2,3-6)4-7/h1-4H,(H,9,10)(H,11,12);2*6-7H,3-4H2,1-2H3. The van der Waals surface area contributed by atoms with Crippen molar-refractivity contribution in [1.29, 1.82) is 0 Å². The van der Waals surface area contributed by atoms with Crippen molar-refractivity contribution in [3.05, 3.63) is 35.4 Å². The van der Waals surface area contributed by atoms with Crippen LogP contribution in [0.5, 0.6) is 0 Å². The van der Waals surface area contributed by atoms with Gasteiger partial charge in [-0.05, 0) is 12.1 Å². The molecule has 0 saturated carbocycles. The van der Waals surface area contributed by atoms with E-state index < -0.39 is 11.9 Å². The van der Waals surface area contributed by atoms with E-state index in [2.05, 4.69) is 0 Å². The molecule has 0 heterocycles. The molecular formula is C18H30O8. The maximum atomic E-state index is 10.5. The van der Waals surface area contributed by atoms with Crippen molar-refractivity contribution in [3.63, 3.8) is 0 Å². The summed E-state index contributed by atoms with van der Waals surface area (Å²) in [6, 6.07) is 5.48. The monoisotopic (exact) mass is 374 g/mol. The van der Waals surface area contributed by atoms with Crippen LogP contribution >= 0.6 is 0 Å². The molecule has 0 radical (unpaired) electrons. The van der Waals surface area contributed by atoms with Crippen molar-refractivity contribution >= 4 is 11.9 Å². The molecule has 0 aliphatic heterocycles. The Balaban J connectivity index is 0. The third-order valence-corrected chi connectivity index (χ3v) is 3.10. The lowest BCUT2D eigenvalue weighted by Crippen LogP contribution is -2.20. The molecule has 0 fully saturated rings. The van der Waals surface area contributed by atoms with E-state index in [0.717, 1.165) is 0 Å². The molecule has 1 rings (SSSR count). The minimum Gasteiger partial charge on any atom is -0.478 e. The first-order chi connectivity index (χ1) is 11.9. The van der Waals surface area contributed by atoms with Gasteiger partial charge in [0.05, 0.1) is 37.6 Å². The van der Waals surface area contributed by atoms with Gasteiger partial charge >= 0.3 is 11.9 Å². The minimum atomic E-state index is -1.23. The normalized spacial score (nSPS) is 10.8. The summed E-state index contributed by atoms with van der Waals surface area (Å²) in [7, 11) is 0. The molecule has 6 N–H and O–H groups in total. The fourth-order valence-electron chi connectivity index (χ4n) is 0.956. The highest BCUT2D eigenvalue weighted by Gasteiger charge is 2.14. The maximum absolute atomic E-state index is 10.5. The first kappa shape index (κ1) is 26.2. The van der Waals surface area contributed by atoms with Gasteiger partial charge in [-0.2, -0.15) is 0 Å². The van der Waals surface area contributed by atoms with Crippen LogP contribution in [0.1, 0.15) is 48.4 Å². The van der Waals surface area contributed by atoms with Gasteiger partial charge in [-0.15, -0.1) is 0 Å². The summed E-state index contributed by atoms with van der Waals surface area (Å²) in [5.41, 5.74) is -0.991. The average molecular weight is 374 g/mol. The topological polar surface area (TPSA) is 156 Å². The Morgan fingerprint density at radius 2 is 0.923 bits per heavy atom. The van der Waals surface area contributed by atoms with Crippen molar-refractivity contribution in [2.75, 3.05) is 26.4 Å². The quantitative estimate of drug-likeness (QED) is 0.432. The Hall–Kier alpha value is -2.00. The van der Waals surface area contributed by atoms with Gasteiger partial charge in [0.1, 0.15) is 0 Å². The fraction of sp³-hybridized carbons (Fsp3) is 0.556. The number of carboxylic acid groups (broad SMARTS) is 2. The lowest BCUT2D eigenvalue weighted by molar-refractivity contribution is 0.0651. The number of rotatable bonds is 6. The summed E-state index contributed by atoms with van der Waals surface area (Å²) >= 11 is 0. The second kappa shape index (κ2) is 12.4. The van der Waals surface area contributed by atoms with Crippen LogP contribution in [-0.4, -0.2) is 69.0 Å². The van der Waals surface area contributed by atoms with Gasteiger partial charge in [-0.1, -0.05) is 39.8 Å². The van der Waals surface area contributed by atoms with Crippen molar-refractivity contribution in [1.82, 2.24) is 0 Å². The van der Waals surface area contributed by atoms with Gasteiger partial charge in [0.25, 0.3) is 0 Å². The first-order valence-electron chi connectivity index (χ1n) is 7.86. The largest absolute Gasteiger partial charge is 0.478 e. The Morgan fingerprint density at radius 1 is 0.692 bits per heavy atom. The summed E-state index contributed by atoms with van der Waals surface area (Å²) in [5, 5.41) is 50.8. The third-order valence-electron chi connectivity index (χ3n) is 3.10. The van der Waals surface area contributed by atoms with E-state index in [0.29, 0.717) is 0 Å². The molecule has 0 aromatic heterocycles. The lowest BCUT2D eigenvalue weighted by atomic mass is 9.97. The van der Waals surface area contributed by atoms with Crippen LogP contribution in [0.15, 0.2) is 24.3 Å². The van der Waals surface area contributed by atoms with Gasteiger partial charge in [-0.3, -0.25) is 0 Å². The molecule has 26 heavy (non-hydrogen) atoms. The zero-order valence-corrected chi connectivity index (χ0v) is 15.6. The number of aliphatic hydroxyl groups excluding tert-OH is 4. The highest BCUT2D eigenvalue weighted by atomic mass is 16.4. The van der Waals surface area contributed by atoms with Crippen molar-refractivity contribution in [2.45, 2.75) is 27.7 Å². The number of carboxylic acids is 2. The molecule has 8 heteroatoms. The number of aliphatic hydroxyl groups is 4. The zero-order chi connectivity index (χ0) is 21.0. The fourth-order valence-corrected chi connectivity index (χ4v) is 0.956. The summed E-state index contributed by atoms with van der Waals surface area (Å²) in [6.45, 7) is 7.38. The second-order valence-corrected chi connectivity index (χ2v) is 7.12. The van der Waals surface area contributed by atoms with E-state index in [-0.39, 0.29) is 48.4 Å². The Morgan fingerprint density at radius 3 is 1.04 bits per heavy atom. The first-order valence-corrected chi connectivity index (χ1v) is 7.86. The third kappa shape index (κ3) is 11.5. The molecular weight excluding hydrogens is 344 g/mol. The Bertz CT molecular complexity index is 491. The molecule has 0 spiro atoms. The van der Waals surface area contributed by atoms with E-state index in [4.69, 9.17) is 30.6 Å². The Labute approximate surface area is 153 Å². The predicted octanol–water partition coefficient (Wildman–Crippen LogP) is 1.08. The SMILES string of the molecule is CC(C)(CO)CO.CC(C)(CO)CO.O=C(O)c1ccccc1C(=O)O. The number of benzene rings is 1. The van der Waals surface area contributed by atoms with Crippen LogP contribution in [0.25, 0.3) is 0 Å². The smallest absolute Gasteiger partial charge is 0.336 e. The molecule has 8 nitrogen and oxygen atoms in total. The summed E-state index contributed by atoms with van der Waals surface area (Å²) in [6.07, 6.45) is 0. The van der Waals surface area contributed by atoms with E-state index in [1.807, 2.05) is 0 Å². The highest BCUT2D eigenvalue weighted by Crippen LogP contribution is 2.10. The minimum absolute atomic E-state index is 0.0451. The molecule has 0 aliphatic rings. The van der Waals surface area contributed by atoms with Crippen LogP contribution in [0, 0.1) is 10.8 Å². The Kier molecular flexibility index (Phi) is 12.5. The van der Waals surface area contributed by atoms with Crippen molar-refractivity contribution in [3.8, 4) is 0 Å². The summed E-state index contributed by atoms with van der Waals surface area (Å²) in [5.74, 6) is -2.46. The molecule has 150 valence electrons. The number of hydrogen-bond acceptors (Lipinski definition) is 6. The van der Waals surface area contributed by atoms with Crippen LogP contribution in [0.2, 0.25) is 0 Å². The second-order valence-electron chi connectivity index (χ2n) is 7.12. The van der Waals surface area contributed by atoms with Crippen LogP contribution in [0.4, 0.5) is 0 Å². The van der Waals surface area contributed by atoms with E-state index >= 15 is 0 Å². The molecule has 1 aromatic rings. The number of aromatic carboxylic acids is 2. The molecule has 0 saturated heterocycles. The van der Waals surface area contributed by atoms with Crippen LogP contribution in [0.3, 0.4) is 0 Å². The molecule has 0 atom stereocenters. The van der Waals surface area contributed by atoms with E-state index in [1.165, 1.54) is 24.3 Å². The highest BCUT2D eigenvalue weighted by molar-refractivity contribution is 6.01. The zero-order valence-electron chi connectivity index (χ0n) is 15.6. The van der Waals surface area contributed by atoms with E-state index in [9.17, 15) is 9.59 Å². The lowest BCUT2D eigenvalue weighted by Gasteiger charge is -2.16. The van der Waals surface area contributed by atoms with Crippen LogP contribution in [-0.2, 0) is 0 Å². The van der Waals surface area contributed by atoms with E-state index in [1.54, 1.807) is 27.7 Å². The van der Waals surface area contributed by atoms with Gasteiger partial charge in [0.2, 0.25) is 0 Å². The van der Waals surface area contributed by atoms with Crippen molar-refractivity contribution in [2.24, 2.45) is 10.8 Å². The summed E-state index contributed by atoms with van der Waals surface area (Å²) < 4.78 is 0. The predicted molar refractivity (Wildman–Crippen MR) is 96.3 cm³/mol. The van der Waals surface area contributed by atoms with Crippen molar-refractivity contribution < 1.29 is 40.2 Å². The average Bonchev–Trinajstić information content (AvgIpc) is 2.62. The van der Waals surface area contributed by atoms with Crippen LogP contribution < -0.4 is 0 Å². The molecule has 0 amide bonds.